The van der Waals surface area contributed by atoms with Gasteiger partial charge in [-0.15, -0.1) is 0 Å². The molecule has 3 aromatic carbocycles. The van der Waals surface area contributed by atoms with E-state index in [0.717, 1.165) is 35.5 Å². The number of carbonyl (C=O) groups excluding carboxylic acids is 2. The number of amides is 2. The third-order valence-electron chi connectivity index (χ3n) is 7.63. The largest absolute Gasteiger partial charge is 0.327 e. The molecule has 1 atom stereocenters. The highest BCUT2D eigenvalue weighted by Gasteiger charge is 2.37. The lowest BCUT2D eigenvalue weighted by Gasteiger charge is -2.40. The Morgan fingerprint density at radius 3 is 2.25 bits per heavy atom. The van der Waals surface area contributed by atoms with Crippen LogP contribution in [0.25, 0.3) is 5.69 Å². The first-order valence-electron chi connectivity index (χ1n) is 14.1. The van der Waals surface area contributed by atoms with Crippen molar-refractivity contribution in [2.75, 3.05) is 11.4 Å². The molecule has 0 saturated heterocycles. The van der Waals surface area contributed by atoms with E-state index in [2.05, 4.69) is 11.5 Å². The quantitative estimate of drug-likeness (QED) is 0.210. The Balaban J connectivity index is 1.46. The van der Waals surface area contributed by atoms with Gasteiger partial charge in [-0.1, -0.05) is 56.2 Å². The summed E-state index contributed by atoms with van der Waals surface area (Å²) >= 11 is 0. The summed E-state index contributed by atoms with van der Waals surface area (Å²) in [5.41, 5.74) is 5.12. The summed E-state index contributed by atoms with van der Waals surface area (Å²) in [4.78, 5) is 31.3. The monoisotopic (exact) mass is 537 g/mol. The minimum atomic E-state index is -0.468. The molecule has 0 spiro atoms. The highest BCUT2D eigenvalue weighted by Crippen LogP contribution is 2.42. The van der Waals surface area contributed by atoms with Crippen LogP contribution in [0.5, 0.6) is 0 Å². The topological polar surface area (TPSA) is 45.6 Å². The molecule has 1 unspecified atom stereocenters. The van der Waals surface area contributed by atoms with Crippen LogP contribution < -0.4 is 4.90 Å². The molecule has 6 heteroatoms. The van der Waals surface area contributed by atoms with Crippen LogP contribution in [0.3, 0.4) is 0 Å². The molecule has 0 saturated carbocycles. The predicted octanol–water partition coefficient (Wildman–Crippen LogP) is 7.34. The number of rotatable bonds is 9. The smallest absolute Gasteiger partial charge is 0.254 e. The van der Waals surface area contributed by atoms with Gasteiger partial charge in [-0.2, -0.15) is 0 Å². The van der Waals surface area contributed by atoms with Gasteiger partial charge in [0.15, 0.2) is 0 Å². The zero-order valence-electron chi connectivity index (χ0n) is 23.4. The van der Waals surface area contributed by atoms with Crippen molar-refractivity contribution < 1.29 is 14.0 Å². The second-order valence-electron chi connectivity index (χ2n) is 10.7. The van der Waals surface area contributed by atoms with Crippen molar-refractivity contribution >= 4 is 17.5 Å². The molecule has 5 nitrogen and oxygen atoms in total. The van der Waals surface area contributed by atoms with Gasteiger partial charge >= 0.3 is 0 Å². The van der Waals surface area contributed by atoms with Crippen molar-refractivity contribution in [3.05, 3.63) is 119 Å². The number of unbranched alkanes of at least 4 members (excludes halogenated alkanes) is 2. The Morgan fingerprint density at radius 1 is 0.875 bits per heavy atom. The molecular weight excluding hydrogens is 501 g/mol. The highest BCUT2D eigenvalue weighted by molar-refractivity contribution is 6.02. The van der Waals surface area contributed by atoms with Gasteiger partial charge in [0.05, 0.1) is 17.1 Å². The number of anilines is 1. The molecule has 1 aliphatic rings. The van der Waals surface area contributed by atoms with Gasteiger partial charge in [0.25, 0.3) is 5.91 Å². The summed E-state index contributed by atoms with van der Waals surface area (Å²) in [5.74, 6) is -0.705. The van der Waals surface area contributed by atoms with Crippen molar-refractivity contribution in [1.82, 2.24) is 9.47 Å². The van der Waals surface area contributed by atoms with Gasteiger partial charge in [0.2, 0.25) is 5.91 Å². The molecule has 4 aromatic rings. The molecule has 2 heterocycles. The number of aryl methyl sites for hydroxylation is 1. The van der Waals surface area contributed by atoms with Crippen LogP contribution >= 0.6 is 0 Å². The van der Waals surface area contributed by atoms with E-state index in [-0.39, 0.29) is 30.2 Å². The lowest BCUT2D eigenvalue weighted by Crippen LogP contribution is -2.48. The maximum absolute atomic E-state index is 14.2. The van der Waals surface area contributed by atoms with Crippen LogP contribution in [0.4, 0.5) is 10.1 Å². The average molecular weight is 538 g/mol. The fourth-order valence-corrected chi connectivity index (χ4v) is 5.49. The number of para-hydroxylation sites is 2. The maximum atomic E-state index is 14.2. The third-order valence-corrected chi connectivity index (χ3v) is 7.63. The van der Waals surface area contributed by atoms with Crippen LogP contribution in [0, 0.1) is 5.82 Å². The van der Waals surface area contributed by atoms with E-state index >= 15 is 0 Å². The van der Waals surface area contributed by atoms with Gasteiger partial charge < -0.3 is 9.47 Å². The second kappa shape index (κ2) is 11.9. The molecule has 0 N–H and O–H groups in total. The number of fused-ring (bicyclic) bond motifs is 3. The lowest BCUT2D eigenvalue weighted by molar-refractivity contribution is -0.120. The zero-order valence-corrected chi connectivity index (χ0v) is 23.4. The molecule has 1 aromatic heterocycles. The molecule has 0 aliphatic carbocycles. The number of carbonyl (C=O) groups is 2. The Morgan fingerprint density at radius 2 is 1.57 bits per heavy atom. The van der Waals surface area contributed by atoms with Gasteiger partial charge in [-0.3, -0.25) is 14.5 Å². The standard InChI is InChI=1S/C34H36FN3O2/c1-4-5-6-10-25-14-16-27(17-15-25)34(40)37(24(2)3)23-32(39)38-30-12-8-7-11-29(30)36-22-9-13-31(36)33(38)26-18-20-28(35)21-19-26/h7-9,11-22,24,33H,4-6,10,23H2,1-3H3. The van der Waals surface area contributed by atoms with Gasteiger partial charge in [-0.25, -0.2) is 4.39 Å². The Bertz CT molecular complexity index is 1470. The van der Waals surface area contributed by atoms with Gasteiger partial charge in [0, 0.05) is 17.8 Å². The SMILES string of the molecule is CCCCCc1ccc(C(=O)N(CC(=O)N2c3ccccc3-n3cccc3C2c2ccc(F)cc2)C(C)C)cc1. The van der Waals surface area contributed by atoms with E-state index in [9.17, 15) is 14.0 Å². The molecule has 206 valence electrons. The first-order valence-corrected chi connectivity index (χ1v) is 14.1. The maximum Gasteiger partial charge on any atom is 0.254 e. The Kier molecular flexibility index (Phi) is 8.15. The minimum Gasteiger partial charge on any atom is -0.327 e. The van der Waals surface area contributed by atoms with E-state index in [1.165, 1.54) is 30.5 Å². The summed E-state index contributed by atoms with van der Waals surface area (Å²) in [6.07, 6.45) is 6.46. The summed E-state index contributed by atoms with van der Waals surface area (Å²) in [6.45, 7) is 5.96. The fraction of sp³-hybridized carbons (Fsp3) is 0.294. The molecule has 2 amide bonds. The van der Waals surface area contributed by atoms with Gasteiger partial charge in [0.1, 0.15) is 18.4 Å². The molecule has 0 bridgehead atoms. The summed E-state index contributed by atoms with van der Waals surface area (Å²) in [6, 6.07) is 25.1. The van der Waals surface area contributed by atoms with E-state index in [4.69, 9.17) is 0 Å². The Labute approximate surface area is 235 Å². The van der Waals surface area contributed by atoms with Crippen LogP contribution in [0.15, 0.2) is 91.1 Å². The van der Waals surface area contributed by atoms with Crippen LogP contribution in [0.1, 0.15) is 73.3 Å². The first-order chi connectivity index (χ1) is 19.4. The second-order valence-corrected chi connectivity index (χ2v) is 10.7. The molecule has 0 radical (unpaired) electrons. The van der Waals surface area contributed by atoms with Crippen LogP contribution in [-0.4, -0.2) is 33.9 Å². The van der Waals surface area contributed by atoms with Crippen molar-refractivity contribution in [3.63, 3.8) is 0 Å². The fourth-order valence-electron chi connectivity index (χ4n) is 5.49. The molecule has 0 fully saturated rings. The first kappa shape index (κ1) is 27.4. The number of aromatic nitrogens is 1. The number of hydrogen-bond donors (Lipinski definition) is 0. The van der Waals surface area contributed by atoms with Crippen molar-refractivity contribution in [3.8, 4) is 5.69 Å². The van der Waals surface area contributed by atoms with Crippen molar-refractivity contribution in [2.45, 2.75) is 58.5 Å². The van der Waals surface area contributed by atoms with E-state index in [1.807, 2.05) is 80.7 Å². The Hall–Kier alpha value is -4.19. The van der Waals surface area contributed by atoms with Crippen molar-refractivity contribution in [1.29, 1.82) is 0 Å². The number of halogens is 1. The third kappa shape index (κ3) is 5.44. The zero-order chi connectivity index (χ0) is 28.2. The number of nitrogens with zero attached hydrogens (tertiary/aromatic N) is 3. The highest BCUT2D eigenvalue weighted by atomic mass is 19.1. The summed E-state index contributed by atoms with van der Waals surface area (Å²) in [5, 5.41) is 0. The molecule has 5 rings (SSSR count). The van der Waals surface area contributed by atoms with Crippen molar-refractivity contribution in [2.24, 2.45) is 0 Å². The summed E-state index contributed by atoms with van der Waals surface area (Å²) < 4.78 is 15.9. The molecule has 1 aliphatic heterocycles. The lowest BCUT2D eigenvalue weighted by atomic mass is 9.97. The van der Waals surface area contributed by atoms with E-state index in [1.54, 1.807) is 21.9 Å². The molecular formula is C34H36FN3O2. The number of hydrogen-bond acceptors (Lipinski definition) is 2. The van der Waals surface area contributed by atoms with Crippen LogP contribution in [0.2, 0.25) is 0 Å². The van der Waals surface area contributed by atoms with Crippen LogP contribution in [-0.2, 0) is 11.2 Å². The minimum absolute atomic E-state index is 0.0819. The molecule has 40 heavy (non-hydrogen) atoms. The normalized spacial score (nSPS) is 14.1. The number of benzene rings is 3. The van der Waals surface area contributed by atoms with E-state index in [0.29, 0.717) is 5.56 Å². The predicted molar refractivity (Wildman–Crippen MR) is 157 cm³/mol. The van der Waals surface area contributed by atoms with Gasteiger partial charge in [-0.05, 0) is 86.3 Å². The van der Waals surface area contributed by atoms with E-state index < -0.39 is 6.04 Å². The average Bonchev–Trinajstić information content (AvgIpc) is 3.46. The summed E-state index contributed by atoms with van der Waals surface area (Å²) in [7, 11) is 0.